The second kappa shape index (κ2) is 5.41. The largest absolute Gasteiger partial charge is 0.419 e. The van der Waals surface area contributed by atoms with Crippen molar-refractivity contribution in [1.29, 1.82) is 10.5 Å². The number of benzene rings is 1. The molecule has 0 saturated heterocycles. The van der Waals surface area contributed by atoms with Crippen LogP contribution in [0.2, 0.25) is 0 Å². The molecule has 1 aromatic rings. The maximum atomic E-state index is 13.5. The minimum atomic E-state index is -6.67. The molecule has 0 bridgehead atoms. The molecular formula is C10H2F8N2S. The number of hydrogen-bond acceptors (Lipinski definition) is 2. The Kier molecular flexibility index (Phi) is 4.39. The molecule has 0 fully saturated rings. The van der Waals surface area contributed by atoms with Crippen LogP contribution in [0.3, 0.4) is 0 Å². The zero-order valence-corrected chi connectivity index (χ0v) is 10.3. The zero-order valence-electron chi connectivity index (χ0n) is 9.53. The number of nitrogens with zero attached hydrogens (tertiary/aromatic N) is 2. The SMILES string of the molecule is N#CCc1c(F)c(F)c(C#N)c(C(F)(F)F)c1S(F)(F)F. The van der Waals surface area contributed by atoms with Gasteiger partial charge in [-0.05, 0) is 0 Å². The fourth-order valence-corrected chi connectivity index (χ4v) is 2.47. The van der Waals surface area contributed by atoms with Crippen LogP contribution in [0, 0.1) is 34.3 Å². The Bertz CT molecular complexity index is 662. The zero-order chi connectivity index (χ0) is 16.6. The lowest BCUT2D eigenvalue weighted by Crippen LogP contribution is -2.17. The van der Waals surface area contributed by atoms with Crippen LogP contribution in [-0.2, 0) is 12.6 Å². The molecule has 0 radical (unpaired) electrons. The van der Waals surface area contributed by atoms with Gasteiger partial charge in [0.1, 0.15) is 11.6 Å². The summed E-state index contributed by atoms with van der Waals surface area (Å²) in [4.78, 5) is -2.48. The number of nitriles is 2. The Balaban J connectivity index is 4.10. The van der Waals surface area contributed by atoms with Crippen molar-refractivity contribution in [3.63, 3.8) is 0 Å². The Hall–Kier alpha value is -2.01. The molecule has 114 valence electrons. The predicted molar refractivity (Wildman–Crippen MR) is 54.6 cm³/mol. The van der Waals surface area contributed by atoms with Gasteiger partial charge in [0.05, 0.1) is 22.9 Å². The monoisotopic (exact) mass is 334 g/mol. The fraction of sp³-hybridized carbons (Fsp3) is 0.200. The third kappa shape index (κ3) is 3.03. The quantitative estimate of drug-likeness (QED) is 0.734. The van der Waals surface area contributed by atoms with Crippen LogP contribution in [0.15, 0.2) is 4.90 Å². The highest BCUT2D eigenvalue weighted by Crippen LogP contribution is 2.65. The van der Waals surface area contributed by atoms with Crippen molar-refractivity contribution in [3.8, 4) is 12.1 Å². The van der Waals surface area contributed by atoms with Gasteiger partial charge in [-0.2, -0.15) is 23.7 Å². The first-order valence-electron chi connectivity index (χ1n) is 4.77. The first-order chi connectivity index (χ1) is 9.46. The molecule has 0 aliphatic carbocycles. The fourth-order valence-electron chi connectivity index (χ4n) is 1.58. The van der Waals surface area contributed by atoms with Gasteiger partial charge in [0.2, 0.25) is 11.2 Å². The number of alkyl halides is 3. The molecular weight excluding hydrogens is 332 g/mol. The molecule has 0 saturated carbocycles. The second-order valence-corrected chi connectivity index (χ2v) is 4.76. The summed E-state index contributed by atoms with van der Waals surface area (Å²) in [7, 11) is 0. The van der Waals surface area contributed by atoms with Gasteiger partial charge in [-0.3, -0.25) is 0 Å². The minimum absolute atomic E-state index is 0.588. The first-order valence-corrected chi connectivity index (χ1v) is 6.10. The molecule has 1 aromatic carbocycles. The van der Waals surface area contributed by atoms with Crippen LogP contribution in [0.4, 0.5) is 33.6 Å². The van der Waals surface area contributed by atoms with Crippen molar-refractivity contribution >= 4 is 11.2 Å². The lowest BCUT2D eigenvalue weighted by molar-refractivity contribution is -0.140. The van der Waals surface area contributed by atoms with Gasteiger partial charge < -0.3 is 0 Å². The van der Waals surface area contributed by atoms with Crippen molar-refractivity contribution in [3.05, 3.63) is 28.3 Å². The molecule has 21 heavy (non-hydrogen) atoms. The highest BCUT2D eigenvalue weighted by molar-refractivity contribution is 8.21. The first kappa shape index (κ1) is 17.0. The lowest BCUT2D eigenvalue weighted by Gasteiger charge is -2.22. The Morgan fingerprint density at radius 3 is 1.86 bits per heavy atom. The topological polar surface area (TPSA) is 47.6 Å². The van der Waals surface area contributed by atoms with Crippen molar-refractivity contribution in [2.45, 2.75) is 17.5 Å². The second-order valence-electron chi connectivity index (χ2n) is 3.54. The van der Waals surface area contributed by atoms with Gasteiger partial charge in [0, 0.05) is 5.56 Å². The van der Waals surface area contributed by atoms with E-state index in [0.29, 0.717) is 6.07 Å². The molecule has 0 heterocycles. The average Bonchev–Trinajstić information content (AvgIpc) is 2.32. The lowest BCUT2D eigenvalue weighted by atomic mass is 10.0. The van der Waals surface area contributed by atoms with Crippen LogP contribution in [0.5, 0.6) is 0 Å². The molecule has 0 aliphatic heterocycles. The number of hydrogen-bond donors (Lipinski definition) is 0. The molecule has 1 rings (SSSR count). The van der Waals surface area contributed by atoms with Crippen molar-refractivity contribution in [2.24, 2.45) is 0 Å². The van der Waals surface area contributed by atoms with E-state index in [9.17, 15) is 33.6 Å². The summed E-state index contributed by atoms with van der Waals surface area (Å²) in [6.45, 7) is 0. The molecule has 0 spiro atoms. The summed E-state index contributed by atoms with van der Waals surface area (Å²) in [5, 5.41) is 16.7. The smallest absolute Gasteiger partial charge is 0.203 e. The van der Waals surface area contributed by atoms with Gasteiger partial charge >= 0.3 is 6.18 Å². The molecule has 0 aromatic heterocycles. The van der Waals surface area contributed by atoms with Gasteiger partial charge in [-0.15, -0.1) is 11.7 Å². The Labute approximate surface area is 114 Å². The Morgan fingerprint density at radius 1 is 1.00 bits per heavy atom. The van der Waals surface area contributed by atoms with Crippen LogP contribution < -0.4 is 0 Å². The summed E-state index contributed by atoms with van der Waals surface area (Å²) in [6.07, 6.45) is -7.15. The van der Waals surface area contributed by atoms with Crippen molar-refractivity contribution in [2.75, 3.05) is 0 Å². The molecule has 0 aliphatic rings. The van der Waals surface area contributed by atoms with E-state index in [-0.39, 0.29) is 0 Å². The van der Waals surface area contributed by atoms with E-state index in [0.717, 1.165) is 6.07 Å². The van der Waals surface area contributed by atoms with Crippen LogP contribution in [0.25, 0.3) is 0 Å². The van der Waals surface area contributed by atoms with E-state index >= 15 is 0 Å². The third-order valence-electron chi connectivity index (χ3n) is 2.31. The molecule has 11 heteroatoms. The Morgan fingerprint density at radius 2 is 1.52 bits per heavy atom. The summed E-state index contributed by atoms with van der Waals surface area (Å²) in [5.74, 6) is -4.64. The van der Waals surface area contributed by atoms with Crippen LogP contribution in [0.1, 0.15) is 16.7 Å². The highest BCUT2D eigenvalue weighted by atomic mass is 32.3. The van der Waals surface area contributed by atoms with E-state index in [1.165, 1.54) is 0 Å². The van der Waals surface area contributed by atoms with Crippen molar-refractivity contribution < 1.29 is 33.6 Å². The van der Waals surface area contributed by atoms with Gasteiger partial charge in [0.25, 0.3) is 0 Å². The summed E-state index contributed by atoms with van der Waals surface area (Å²) < 4.78 is 104. The van der Waals surface area contributed by atoms with E-state index in [1.54, 1.807) is 0 Å². The molecule has 0 amide bonds. The normalized spacial score (nSPS) is 12.7. The van der Waals surface area contributed by atoms with Gasteiger partial charge in [-0.25, -0.2) is 8.78 Å². The number of rotatable bonds is 2. The molecule has 0 atom stereocenters. The molecule has 0 unspecified atom stereocenters. The van der Waals surface area contributed by atoms with E-state index in [2.05, 4.69) is 0 Å². The summed E-state index contributed by atoms with van der Waals surface area (Å²) in [6, 6.07) is 1.63. The summed E-state index contributed by atoms with van der Waals surface area (Å²) in [5.41, 5.74) is -6.43. The number of halogens is 8. The maximum absolute atomic E-state index is 13.5. The van der Waals surface area contributed by atoms with Crippen LogP contribution >= 0.6 is 11.2 Å². The maximum Gasteiger partial charge on any atom is 0.419 e. The molecule has 2 nitrogen and oxygen atoms in total. The average molecular weight is 334 g/mol. The molecule has 0 N–H and O–H groups in total. The van der Waals surface area contributed by atoms with E-state index in [1.807, 2.05) is 0 Å². The van der Waals surface area contributed by atoms with Crippen molar-refractivity contribution in [1.82, 2.24) is 0 Å². The standard InChI is InChI=1S/C10H2F8N2S/c11-7-4(1-2-19)9(21(16,17)18)6(10(13,14)15)5(3-20)8(7)12/h1H2. The highest BCUT2D eigenvalue weighted by Gasteiger charge is 2.47. The third-order valence-corrected chi connectivity index (χ3v) is 3.22. The predicted octanol–water partition coefficient (Wildman–Crippen LogP) is 4.74. The van der Waals surface area contributed by atoms with Crippen LogP contribution in [-0.4, -0.2) is 0 Å². The van der Waals surface area contributed by atoms with Gasteiger partial charge in [0.15, 0.2) is 11.6 Å². The summed E-state index contributed by atoms with van der Waals surface area (Å²) >= 11 is -6.67. The van der Waals surface area contributed by atoms with E-state index in [4.69, 9.17) is 10.5 Å². The van der Waals surface area contributed by atoms with E-state index < -0.39 is 57.0 Å². The minimum Gasteiger partial charge on any atom is -0.203 e. The van der Waals surface area contributed by atoms with Gasteiger partial charge in [-0.1, -0.05) is 0 Å².